The molecule has 0 aliphatic rings. The van der Waals surface area contributed by atoms with Crippen LogP contribution in [0.4, 0.5) is 4.39 Å². The van der Waals surface area contributed by atoms with Crippen LogP contribution in [0.5, 0.6) is 0 Å². The lowest BCUT2D eigenvalue weighted by atomic mass is 9.95. The zero-order chi connectivity index (χ0) is 12.3. The van der Waals surface area contributed by atoms with E-state index in [0.29, 0.717) is 17.9 Å². The second-order valence-corrected chi connectivity index (χ2v) is 4.80. The first-order valence-electron chi connectivity index (χ1n) is 5.30. The number of nitrogens with two attached hydrogens (primary N) is 1. The Morgan fingerprint density at radius 3 is 2.56 bits per heavy atom. The van der Waals surface area contributed by atoms with E-state index in [-0.39, 0.29) is 5.02 Å². The third kappa shape index (κ3) is 3.44. The number of halogens is 2. The van der Waals surface area contributed by atoms with Crippen LogP contribution in [-0.4, -0.2) is 11.2 Å². The standard InChI is InChI=1S/C12H17ClFNO/c1-7(2)5-11(16)12(15)8-3-4-10(14)9(13)6-8/h3-4,6-7,11-12,16H,5,15H2,1-2H3/t11-,12+/m1/s1. The molecule has 1 aromatic rings. The van der Waals surface area contributed by atoms with E-state index >= 15 is 0 Å². The Kier molecular flexibility index (Phi) is 4.71. The maximum Gasteiger partial charge on any atom is 0.141 e. The molecule has 0 aliphatic carbocycles. The van der Waals surface area contributed by atoms with Crippen molar-refractivity contribution < 1.29 is 9.50 Å². The fourth-order valence-corrected chi connectivity index (χ4v) is 1.76. The first kappa shape index (κ1) is 13.4. The van der Waals surface area contributed by atoms with Crippen molar-refractivity contribution in [1.82, 2.24) is 0 Å². The van der Waals surface area contributed by atoms with Crippen LogP contribution in [0.15, 0.2) is 18.2 Å². The highest BCUT2D eigenvalue weighted by molar-refractivity contribution is 6.30. The minimum atomic E-state index is -0.637. The summed E-state index contributed by atoms with van der Waals surface area (Å²) in [5, 5.41) is 9.87. The van der Waals surface area contributed by atoms with Crippen LogP contribution < -0.4 is 5.73 Å². The number of hydrogen-bond donors (Lipinski definition) is 2. The molecule has 2 nitrogen and oxygen atoms in total. The van der Waals surface area contributed by atoms with Crippen molar-refractivity contribution in [3.63, 3.8) is 0 Å². The molecule has 1 rings (SSSR count). The van der Waals surface area contributed by atoms with Crippen molar-refractivity contribution in [3.8, 4) is 0 Å². The van der Waals surface area contributed by atoms with E-state index in [4.69, 9.17) is 17.3 Å². The molecular weight excluding hydrogens is 229 g/mol. The van der Waals surface area contributed by atoms with Crippen LogP contribution in [0.25, 0.3) is 0 Å². The summed E-state index contributed by atoms with van der Waals surface area (Å²) in [4.78, 5) is 0. The van der Waals surface area contributed by atoms with Crippen LogP contribution in [-0.2, 0) is 0 Å². The normalized spacial score (nSPS) is 15.2. The molecule has 16 heavy (non-hydrogen) atoms. The molecule has 0 fully saturated rings. The summed E-state index contributed by atoms with van der Waals surface area (Å²) in [7, 11) is 0. The Bertz CT molecular complexity index is 357. The van der Waals surface area contributed by atoms with Crippen molar-refractivity contribution in [2.24, 2.45) is 11.7 Å². The minimum Gasteiger partial charge on any atom is -0.391 e. The Hall–Kier alpha value is -0.640. The van der Waals surface area contributed by atoms with Gasteiger partial charge < -0.3 is 10.8 Å². The molecule has 0 heterocycles. The van der Waals surface area contributed by atoms with E-state index in [1.54, 1.807) is 6.07 Å². The molecule has 0 aromatic heterocycles. The second-order valence-electron chi connectivity index (χ2n) is 4.40. The first-order chi connectivity index (χ1) is 7.41. The van der Waals surface area contributed by atoms with Crippen molar-refractivity contribution in [2.45, 2.75) is 32.4 Å². The fraction of sp³-hybridized carbons (Fsp3) is 0.500. The van der Waals surface area contributed by atoms with Gasteiger partial charge in [0.1, 0.15) is 5.82 Å². The predicted molar refractivity (Wildman–Crippen MR) is 63.8 cm³/mol. The van der Waals surface area contributed by atoms with Gasteiger partial charge in [-0.25, -0.2) is 4.39 Å². The van der Waals surface area contributed by atoms with Gasteiger partial charge in [-0.15, -0.1) is 0 Å². The van der Waals surface area contributed by atoms with E-state index in [1.807, 2.05) is 13.8 Å². The molecule has 0 spiro atoms. The summed E-state index contributed by atoms with van der Waals surface area (Å²) in [6, 6.07) is 3.75. The van der Waals surface area contributed by atoms with E-state index in [2.05, 4.69) is 0 Å². The summed E-state index contributed by atoms with van der Waals surface area (Å²) >= 11 is 5.66. The summed E-state index contributed by atoms with van der Waals surface area (Å²) < 4.78 is 12.9. The SMILES string of the molecule is CC(C)C[C@@H](O)[C@@H](N)c1ccc(F)c(Cl)c1. The summed E-state index contributed by atoms with van der Waals surface area (Å²) in [6.45, 7) is 4.02. The zero-order valence-corrected chi connectivity index (χ0v) is 10.2. The van der Waals surface area contributed by atoms with E-state index in [1.165, 1.54) is 12.1 Å². The van der Waals surface area contributed by atoms with Crippen LogP contribution in [0.3, 0.4) is 0 Å². The maximum atomic E-state index is 12.9. The highest BCUT2D eigenvalue weighted by Gasteiger charge is 2.18. The largest absolute Gasteiger partial charge is 0.391 e. The molecule has 0 bridgehead atoms. The number of rotatable bonds is 4. The molecule has 0 saturated heterocycles. The molecule has 0 amide bonds. The zero-order valence-electron chi connectivity index (χ0n) is 9.45. The van der Waals surface area contributed by atoms with Gasteiger partial charge in [-0.1, -0.05) is 31.5 Å². The molecule has 2 atom stereocenters. The molecule has 90 valence electrons. The van der Waals surface area contributed by atoms with E-state index in [9.17, 15) is 9.50 Å². The Morgan fingerprint density at radius 2 is 2.06 bits per heavy atom. The molecule has 0 unspecified atom stereocenters. The van der Waals surface area contributed by atoms with E-state index in [0.717, 1.165) is 0 Å². The highest BCUT2D eigenvalue weighted by Crippen LogP contribution is 2.23. The topological polar surface area (TPSA) is 46.2 Å². The fourth-order valence-electron chi connectivity index (χ4n) is 1.57. The third-order valence-electron chi connectivity index (χ3n) is 2.46. The van der Waals surface area contributed by atoms with Gasteiger partial charge in [-0.2, -0.15) is 0 Å². The number of aliphatic hydroxyl groups is 1. The first-order valence-corrected chi connectivity index (χ1v) is 5.68. The van der Waals surface area contributed by atoms with Gasteiger partial charge in [0.15, 0.2) is 0 Å². The van der Waals surface area contributed by atoms with Crippen molar-refractivity contribution in [2.75, 3.05) is 0 Å². The second kappa shape index (κ2) is 5.62. The molecule has 4 heteroatoms. The van der Waals surface area contributed by atoms with Gasteiger partial charge in [0.05, 0.1) is 17.2 Å². The van der Waals surface area contributed by atoms with Crippen LogP contribution in [0.1, 0.15) is 31.9 Å². The lowest BCUT2D eigenvalue weighted by Gasteiger charge is -2.21. The number of benzene rings is 1. The lowest BCUT2D eigenvalue weighted by Crippen LogP contribution is -2.27. The number of aliphatic hydroxyl groups excluding tert-OH is 1. The number of hydrogen-bond acceptors (Lipinski definition) is 2. The average Bonchev–Trinajstić information content (AvgIpc) is 2.20. The Morgan fingerprint density at radius 1 is 1.44 bits per heavy atom. The smallest absolute Gasteiger partial charge is 0.141 e. The van der Waals surface area contributed by atoms with Gasteiger partial charge in [-0.05, 0) is 30.0 Å². The van der Waals surface area contributed by atoms with Crippen molar-refractivity contribution >= 4 is 11.6 Å². The van der Waals surface area contributed by atoms with Gasteiger partial charge >= 0.3 is 0 Å². The molecular formula is C12H17ClFNO. The summed E-state index contributed by atoms with van der Waals surface area (Å²) in [5.41, 5.74) is 6.53. The molecule has 1 aromatic carbocycles. The van der Waals surface area contributed by atoms with Crippen LogP contribution in [0.2, 0.25) is 5.02 Å². The van der Waals surface area contributed by atoms with Crippen LogP contribution in [0, 0.1) is 11.7 Å². The molecule has 0 radical (unpaired) electrons. The quantitative estimate of drug-likeness (QED) is 0.857. The van der Waals surface area contributed by atoms with Crippen LogP contribution >= 0.6 is 11.6 Å². The van der Waals surface area contributed by atoms with Gasteiger partial charge in [0.2, 0.25) is 0 Å². The molecule has 3 N–H and O–H groups in total. The lowest BCUT2D eigenvalue weighted by molar-refractivity contribution is 0.121. The Balaban J connectivity index is 2.79. The van der Waals surface area contributed by atoms with Gasteiger partial charge in [0.25, 0.3) is 0 Å². The highest BCUT2D eigenvalue weighted by atomic mass is 35.5. The van der Waals surface area contributed by atoms with Crippen molar-refractivity contribution in [3.05, 3.63) is 34.6 Å². The summed E-state index contributed by atoms with van der Waals surface area (Å²) in [6.07, 6.45) is -0.0302. The van der Waals surface area contributed by atoms with E-state index < -0.39 is 18.0 Å². The average molecular weight is 246 g/mol. The predicted octanol–water partition coefficient (Wildman–Crippen LogP) is 2.89. The van der Waals surface area contributed by atoms with Gasteiger partial charge in [-0.3, -0.25) is 0 Å². The molecule has 0 saturated carbocycles. The third-order valence-corrected chi connectivity index (χ3v) is 2.75. The monoisotopic (exact) mass is 245 g/mol. The van der Waals surface area contributed by atoms with Gasteiger partial charge in [0, 0.05) is 0 Å². The maximum absolute atomic E-state index is 12.9. The minimum absolute atomic E-state index is 0.0321. The van der Waals surface area contributed by atoms with Crippen molar-refractivity contribution in [1.29, 1.82) is 0 Å². The molecule has 0 aliphatic heterocycles. The Labute approximate surface area is 100 Å². The summed E-state index contributed by atoms with van der Waals surface area (Å²) in [5.74, 6) is -0.118.